The summed E-state index contributed by atoms with van der Waals surface area (Å²) in [5, 5.41) is 11.5. The summed E-state index contributed by atoms with van der Waals surface area (Å²) < 4.78 is 58.3. The Kier molecular flexibility index (Phi) is 7.14. The van der Waals surface area contributed by atoms with Crippen molar-refractivity contribution in [2.75, 3.05) is 5.43 Å². The topological polar surface area (TPSA) is 131 Å². The first kappa shape index (κ1) is 31.7. The number of pyridine rings is 1. The van der Waals surface area contributed by atoms with Gasteiger partial charge in [-0.3, -0.25) is 15.0 Å². The molecule has 2 fully saturated rings. The number of rotatable bonds is 4. The fourth-order valence-electron chi connectivity index (χ4n) is 7.26. The molecule has 0 unspecified atom stereocenters. The average Bonchev–Trinajstić information content (AvgIpc) is 3.39. The number of hydrazine groups is 1. The van der Waals surface area contributed by atoms with Crippen LogP contribution >= 0.6 is 23.2 Å². The first-order chi connectivity index (χ1) is 22.7. The van der Waals surface area contributed by atoms with Crippen molar-refractivity contribution in [1.82, 2.24) is 23.9 Å². The minimum absolute atomic E-state index is 0.0839. The van der Waals surface area contributed by atoms with E-state index < -0.39 is 80.6 Å². The van der Waals surface area contributed by atoms with Crippen molar-refractivity contribution >= 4 is 40.8 Å². The van der Waals surface area contributed by atoms with E-state index in [4.69, 9.17) is 23.2 Å². The van der Waals surface area contributed by atoms with Crippen LogP contribution in [-0.4, -0.2) is 40.8 Å². The van der Waals surface area contributed by atoms with Crippen molar-refractivity contribution in [3.05, 3.63) is 120 Å². The number of halogens is 6. The third-order valence-electron chi connectivity index (χ3n) is 9.34. The minimum atomic E-state index is -4.78. The van der Waals surface area contributed by atoms with Gasteiger partial charge in [-0.2, -0.15) is 18.2 Å². The summed E-state index contributed by atoms with van der Waals surface area (Å²) >= 11 is 12.3. The van der Waals surface area contributed by atoms with Gasteiger partial charge in [0.2, 0.25) is 0 Å². The van der Waals surface area contributed by atoms with Gasteiger partial charge in [0, 0.05) is 29.7 Å². The van der Waals surface area contributed by atoms with Gasteiger partial charge in [0.05, 0.1) is 34.5 Å². The molecular weight excluding hydrogens is 683 g/mol. The molecule has 0 spiro atoms. The number of phenolic OH excluding ortho intramolecular Hbond substituents is 1. The molecule has 3 aliphatic rings. The number of allylic oxidation sites excluding steroid dienone is 2. The zero-order valence-corrected chi connectivity index (χ0v) is 26.0. The van der Waals surface area contributed by atoms with Gasteiger partial charge in [-0.15, -0.1) is 0 Å². The van der Waals surface area contributed by atoms with Crippen molar-refractivity contribution in [1.29, 1.82) is 0 Å². The molecule has 0 radical (unpaired) electrons. The predicted octanol–water partition coefficient (Wildman–Crippen LogP) is 4.53. The number of carbonyl (C=O) groups excluding carboxylic acids is 2. The summed E-state index contributed by atoms with van der Waals surface area (Å²) in [6.45, 7) is -0.121. The molecule has 17 heteroatoms. The van der Waals surface area contributed by atoms with Gasteiger partial charge in [-0.1, -0.05) is 53.5 Å². The lowest BCUT2D eigenvalue weighted by atomic mass is 9.53. The summed E-state index contributed by atoms with van der Waals surface area (Å²) in [6.07, 6.45) is -2.91. The van der Waals surface area contributed by atoms with Gasteiger partial charge in [0.1, 0.15) is 0 Å². The molecule has 2 aliphatic heterocycles. The minimum Gasteiger partial charge on any atom is -0.505 e. The molecular formula is C31H22Cl2F4N6O5. The highest BCUT2D eigenvalue weighted by Gasteiger charge is 2.69. The third-order valence-corrected chi connectivity index (χ3v) is 9.88. The zero-order valence-electron chi connectivity index (χ0n) is 24.5. The molecule has 2 aromatic heterocycles. The highest BCUT2D eigenvalue weighted by atomic mass is 35.5. The number of anilines is 1. The maximum atomic E-state index is 15.1. The SMILES string of the molecule is Cn1c(=O)n2n(c1=O)[C@@H]1C[C@H]3C(=O)N(Nc4ncc(C(F)(F)F)cc4Cl)C(=O)[C@@]3(c3ccc(Cl)cc3)[C@@H](c3cccc(F)c3O)C1=CC2. The molecule has 0 bridgehead atoms. The number of aromatic hydroxyl groups is 1. The Hall–Kier alpha value is -4.89. The van der Waals surface area contributed by atoms with E-state index in [1.54, 1.807) is 6.08 Å². The molecule has 1 saturated heterocycles. The lowest BCUT2D eigenvalue weighted by molar-refractivity contribution is -0.139. The number of phenols is 1. The molecule has 2 N–H and O–H groups in total. The van der Waals surface area contributed by atoms with Crippen LogP contribution in [0.4, 0.5) is 23.4 Å². The average molecular weight is 705 g/mol. The smallest absolute Gasteiger partial charge is 0.417 e. The van der Waals surface area contributed by atoms with E-state index in [-0.39, 0.29) is 29.1 Å². The monoisotopic (exact) mass is 704 g/mol. The summed E-state index contributed by atoms with van der Waals surface area (Å²) in [5.41, 5.74) is -1.45. The number of nitrogens with zero attached hydrogens (tertiary/aromatic N) is 5. The Balaban J connectivity index is 1.48. The molecule has 2 aromatic carbocycles. The van der Waals surface area contributed by atoms with Crippen LogP contribution in [0.2, 0.25) is 10.0 Å². The number of hydrogen-bond donors (Lipinski definition) is 2. The second-order valence-corrected chi connectivity index (χ2v) is 12.5. The normalized spacial score (nSPS) is 23.4. The molecule has 2 amide bonds. The summed E-state index contributed by atoms with van der Waals surface area (Å²) in [6, 6.07) is 9.25. The number of alkyl halides is 3. The predicted molar refractivity (Wildman–Crippen MR) is 163 cm³/mol. The second kappa shape index (κ2) is 10.8. The first-order valence-corrected chi connectivity index (χ1v) is 15.1. The van der Waals surface area contributed by atoms with E-state index in [1.807, 2.05) is 0 Å². The van der Waals surface area contributed by atoms with Crippen molar-refractivity contribution in [2.45, 2.75) is 36.5 Å². The van der Waals surface area contributed by atoms with Crippen LogP contribution in [0.15, 0.2) is 76.0 Å². The maximum Gasteiger partial charge on any atom is 0.417 e. The largest absolute Gasteiger partial charge is 0.505 e. The van der Waals surface area contributed by atoms with Crippen molar-refractivity contribution < 1.29 is 32.3 Å². The molecule has 1 saturated carbocycles. The van der Waals surface area contributed by atoms with Gasteiger partial charge in [0.15, 0.2) is 17.4 Å². The van der Waals surface area contributed by atoms with Gasteiger partial charge in [0.25, 0.3) is 11.8 Å². The quantitative estimate of drug-likeness (QED) is 0.181. The maximum absolute atomic E-state index is 15.1. The van der Waals surface area contributed by atoms with E-state index in [9.17, 15) is 37.5 Å². The molecule has 7 rings (SSSR count). The standard InChI is InChI=1S/C31H22Cl2F4N6O5/c1-40-28(47)41-10-9-17-22(43(41)29(40)48)12-19-26(45)42(39-25-20(33)11-15(13-38-25)31(35,36)37)27(46)30(19,14-5-7-16(32)8-6-14)23(17)18-3-2-4-21(34)24(18)44/h2-9,11,13,19,22-23,44H,10,12H2,1H3,(H,38,39)/t19-,22+,23+,30+/m0/s1. The van der Waals surface area contributed by atoms with Crippen molar-refractivity contribution in [3.8, 4) is 5.75 Å². The highest BCUT2D eigenvalue weighted by molar-refractivity contribution is 6.33. The van der Waals surface area contributed by atoms with E-state index in [0.717, 1.165) is 10.6 Å². The first-order valence-electron chi connectivity index (χ1n) is 14.4. The number of imide groups is 1. The fraction of sp³-hybridized carbons (Fsp3) is 0.258. The Bertz CT molecular complexity index is 2190. The van der Waals surface area contributed by atoms with Crippen LogP contribution in [0, 0.1) is 11.7 Å². The van der Waals surface area contributed by atoms with Gasteiger partial charge >= 0.3 is 17.6 Å². The number of hydrogen-bond acceptors (Lipinski definition) is 7. The second-order valence-electron chi connectivity index (χ2n) is 11.7. The Labute approximate surface area is 277 Å². The molecule has 48 heavy (non-hydrogen) atoms. The molecule has 4 aromatic rings. The van der Waals surface area contributed by atoms with Crippen LogP contribution in [0.25, 0.3) is 0 Å². The molecule has 4 heterocycles. The summed E-state index contributed by atoms with van der Waals surface area (Å²) in [7, 11) is 1.29. The van der Waals surface area contributed by atoms with Crippen LogP contribution in [0.1, 0.15) is 35.1 Å². The number of amides is 2. The van der Waals surface area contributed by atoms with E-state index in [1.165, 1.54) is 52.8 Å². The molecule has 1 aliphatic carbocycles. The van der Waals surface area contributed by atoms with Gasteiger partial charge in [-0.05, 0) is 41.8 Å². The van der Waals surface area contributed by atoms with E-state index >= 15 is 4.39 Å². The summed E-state index contributed by atoms with van der Waals surface area (Å²) in [5.74, 6) is -6.73. The number of fused-ring (bicyclic) bond motifs is 4. The number of carbonyl (C=O) groups is 2. The third kappa shape index (κ3) is 4.36. The van der Waals surface area contributed by atoms with Crippen LogP contribution in [0.5, 0.6) is 5.75 Å². The lowest BCUT2D eigenvalue weighted by Crippen LogP contribution is -2.53. The number of benzene rings is 2. The molecule has 4 atom stereocenters. The van der Waals surface area contributed by atoms with E-state index in [2.05, 4.69) is 10.4 Å². The fourth-order valence-corrected chi connectivity index (χ4v) is 7.60. The zero-order chi connectivity index (χ0) is 34.4. The molecule has 248 valence electrons. The number of para-hydroxylation sites is 1. The van der Waals surface area contributed by atoms with Crippen LogP contribution < -0.4 is 16.8 Å². The number of nitrogens with one attached hydrogen (secondary N) is 1. The van der Waals surface area contributed by atoms with Crippen LogP contribution in [0.3, 0.4) is 0 Å². The number of aromatic nitrogens is 4. The van der Waals surface area contributed by atoms with Gasteiger partial charge < -0.3 is 5.11 Å². The van der Waals surface area contributed by atoms with Crippen molar-refractivity contribution in [3.63, 3.8) is 0 Å². The van der Waals surface area contributed by atoms with Crippen molar-refractivity contribution in [2.24, 2.45) is 13.0 Å². The Morgan fingerprint density at radius 2 is 1.75 bits per heavy atom. The van der Waals surface area contributed by atoms with Gasteiger partial charge in [-0.25, -0.2) is 32.9 Å². The Morgan fingerprint density at radius 1 is 1.04 bits per heavy atom. The Morgan fingerprint density at radius 3 is 2.42 bits per heavy atom. The lowest BCUT2D eigenvalue weighted by Gasteiger charge is -2.49. The highest BCUT2D eigenvalue weighted by Crippen LogP contribution is 2.63. The molecule has 11 nitrogen and oxygen atoms in total. The summed E-state index contributed by atoms with van der Waals surface area (Å²) in [4.78, 5) is 59.5. The van der Waals surface area contributed by atoms with E-state index in [0.29, 0.717) is 22.8 Å². The van der Waals surface area contributed by atoms with Crippen LogP contribution in [-0.2, 0) is 34.8 Å².